The third-order valence-corrected chi connectivity index (χ3v) is 5.30. The number of urea groups is 1. The second-order valence-corrected chi connectivity index (χ2v) is 7.43. The monoisotopic (exact) mass is 467 g/mol. The number of non-ortho nitro benzene ring substituents is 1. The fourth-order valence-electron chi connectivity index (χ4n) is 3.65. The van der Waals surface area contributed by atoms with Crippen LogP contribution < -0.4 is 10.1 Å². The van der Waals surface area contributed by atoms with Crippen LogP contribution in [0.1, 0.15) is 42.7 Å². The van der Waals surface area contributed by atoms with E-state index in [9.17, 15) is 24.5 Å². The number of likely N-dealkylation sites (N-methyl/N-ethyl adjacent to an activating group) is 1. The zero-order valence-electron chi connectivity index (χ0n) is 19.1. The Bertz CT molecular complexity index is 1140. The minimum atomic E-state index is -0.965. The van der Waals surface area contributed by atoms with E-state index >= 15 is 0 Å². The third kappa shape index (κ3) is 5.22. The van der Waals surface area contributed by atoms with Crippen molar-refractivity contribution in [3.05, 3.63) is 81.0 Å². The lowest BCUT2D eigenvalue weighted by Crippen LogP contribution is -2.49. The topological polar surface area (TPSA) is 128 Å². The molecule has 2 aromatic carbocycles. The van der Waals surface area contributed by atoms with E-state index in [-0.39, 0.29) is 42.5 Å². The number of amides is 2. The Morgan fingerprint density at radius 3 is 2.44 bits per heavy atom. The smallest absolute Gasteiger partial charge is 0.338 e. The van der Waals surface area contributed by atoms with Gasteiger partial charge in [0, 0.05) is 24.2 Å². The van der Waals surface area contributed by atoms with Gasteiger partial charge in [0.15, 0.2) is 5.78 Å². The first-order valence-corrected chi connectivity index (χ1v) is 10.7. The molecule has 10 nitrogen and oxygen atoms in total. The van der Waals surface area contributed by atoms with E-state index in [4.69, 9.17) is 9.47 Å². The van der Waals surface area contributed by atoms with Crippen molar-refractivity contribution in [3.63, 3.8) is 0 Å². The fraction of sp³-hybridized carbons (Fsp3) is 0.292. The largest absolute Gasteiger partial charge is 0.487 e. The molecule has 1 heterocycles. The summed E-state index contributed by atoms with van der Waals surface area (Å²) >= 11 is 0. The Labute approximate surface area is 196 Å². The van der Waals surface area contributed by atoms with Gasteiger partial charge in [-0.05, 0) is 50.6 Å². The van der Waals surface area contributed by atoms with Crippen LogP contribution in [0.15, 0.2) is 59.8 Å². The lowest BCUT2D eigenvalue weighted by Gasteiger charge is -2.36. The Balaban J connectivity index is 2.05. The highest BCUT2D eigenvalue weighted by atomic mass is 16.6. The SMILES string of the molecule is CCOC(=O)C1=C(COc2ccc(C(C)=O)cc2)N(CC)C(=O)N[C@H]1c1cccc([N+](=O)[O-])c1. The number of hydrogen-bond donors (Lipinski definition) is 1. The lowest BCUT2D eigenvalue weighted by molar-refractivity contribution is -0.384. The number of nitrogens with one attached hydrogen (secondary N) is 1. The van der Waals surface area contributed by atoms with Crippen molar-refractivity contribution in [2.24, 2.45) is 0 Å². The van der Waals surface area contributed by atoms with Crippen molar-refractivity contribution >= 4 is 23.5 Å². The zero-order chi connectivity index (χ0) is 24.8. The van der Waals surface area contributed by atoms with Gasteiger partial charge in [0.2, 0.25) is 0 Å². The van der Waals surface area contributed by atoms with Gasteiger partial charge in [-0.2, -0.15) is 0 Å². The number of rotatable bonds is 9. The van der Waals surface area contributed by atoms with Crippen LogP contribution in [0.4, 0.5) is 10.5 Å². The molecule has 0 saturated heterocycles. The molecule has 2 aromatic rings. The number of carbonyl (C=O) groups excluding carboxylic acids is 3. The maximum atomic E-state index is 13.0. The fourth-order valence-corrected chi connectivity index (χ4v) is 3.65. The number of nitro groups is 1. The van der Waals surface area contributed by atoms with Gasteiger partial charge in [0.05, 0.1) is 28.8 Å². The summed E-state index contributed by atoms with van der Waals surface area (Å²) in [5, 5.41) is 14.0. The quantitative estimate of drug-likeness (QED) is 0.257. The van der Waals surface area contributed by atoms with Crippen LogP contribution in [0.25, 0.3) is 0 Å². The number of benzene rings is 2. The average Bonchev–Trinajstić information content (AvgIpc) is 2.82. The van der Waals surface area contributed by atoms with Gasteiger partial charge in [-0.1, -0.05) is 12.1 Å². The van der Waals surface area contributed by atoms with Crippen LogP contribution in [0.2, 0.25) is 0 Å². The molecular formula is C24H25N3O7. The number of ketones is 1. The van der Waals surface area contributed by atoms with E-state index in [1.165, 1.54) is 30.0 Å². The van der Waals surface area contributed by atoms with Crippen LogP contribution in [0.5, 0.6) is 5.75 Å². The highest BCUT2D eigenvalue weighted by molar-refractivity contribution is 5.95. The van der Waals surface area contributed by atoms with Crippen molar-refractivity contribution < 1.29 is 28.8 Å². The minimum Gasteiger partial charge on any atom is -0.487 e. The van der Waals surface area contributed by atoms with Crippen LogP contribution in [-0.2, 0) is 9.53 Å². The molecule has 1 aliphatic heterocycles. The normalized spacial score (nSPS) is 15.6. The van der Waals surface area contributed by atoms with Gasteiger partial charge in [0.25, 0.3) is 5.69 Å². The van der Waals surface area contributed by atoms with Crippen LogP contribution in [0.3, 0.4) is 0 Å². The number of carbonyl (C=O) groups is 3. The Morgan fingerprint density at radius 1 is 1.15 bits per heavy atom. The van der Waals surface area contributed by atoms with E-state index in [0.29, 0.717) is 16.9 Å². The molecule has 0 saturated carbocycles. The number of nitrogens with zero attached hydrogens (tertiary/aromatic N) is 2. The number of Topliss-reactive ketones (excluding diaryl/α,β-unsaturated/α-hetero) is 1. The molecule has 0 spiro atoms. The van der Waals surface area contributed by atoms with Crippen molar-refractivity contribution in [3.8, 4) is 5.75 Å². The average molecular weight is 467 g/mol. The second kappa shape index (κ2) is 10.6. The molecule has 1 atom stereocenters. The molecule has 1 N–H and O–H groups in total. The molecule has 0 fully saturated rings. The molecule has 10 heteroatoms. The molecule has 0 unspecified atom stereocenters. The molecular weight excluding hydrogens is 442 g/mol. The van der Waals surface area contributed by atoms with Gasteiger partial charge in [-0.25, -0.2) is 9.59 Å². The van der Waals surface area contributed by atoms with Gasteiger partial charge in [-0.15, -0.1) is 0 Å². The number of nitro benzene ring substituents is 1. The predicted octanol–water partition coefficient (Wildman–Crippen LogP) is 3.78. The lowest BCUT2D eigenvalue weighted by atomic mass is 9.94. The maximum Gasteiger partial charge on any atom is 0.338 e. The second-order valence-electron chi connectivity index (χ2n) is 7.43. The molecule has 0 bridgehead atoms. The number of esters is 1. The van der Waals surface area contributed by atoms with Gasteiger partial charge < -0.3 is 14.8 Å². The molecule has 0 radical (unpaired) electrons. The van der Waals surface area contributed by atoms with E-state index in [1.807, 2.05) is 0 Å². The first kappa shape index (κ1) is 24.4. The first-order valence-electron chi connectivity index (χ1n) is 10.7. The molecule has 3 rings (SSSR count). The Morgan fingerprint density at radius 2 is 1.85 bits per heavy atom. The van der Waals surface area contributed by atoms with E-state index < -0.39 is 23.0 Å². The molecule has 178 valence electrons. The van der Waals surface area contributed by atoms with Crippen molar-refractivity contribution in [2.75, 3.05) is 19.8 Å². The van der Waals surface area contributed by atoms with Crippen LogP contribution in [-0.4, -0.2) is 47.4 Å². The zero-order valence-corrected chi connectivity index (χ0v) is 19.1. The molecule has 0 aromatic heterocycles. The van der Waals surface area contributed by atoms with Crippen molar-refractivity contribution in [2.45, 2.75) is 26.8 Å². The van der Waals surface area contributed by atoms with Crippen molar-refractivity contribution in [1.29, 1.82) is 0 Å². The molecule has 2 amide bonds. The maximum absolute atomic E-state index is 13.0. The number of ether oxygens (including phenoxy) is 2. The molecule has 1 aliphatic rings. The summed E-state index contributed by atoms with van der Waals surface area (Å²) < 4.78 is 11.1. The first-order chi connectivity index (χ1) is 16.3. The third-order valence-electron chi connectivity index (χ3n) is 5.30. The Hall–Kier alpha value is -4.21. The van der Waals surface area contributed by atoms with Crippen LogP contribution in [0, 0.1) is 10.1 Å². The van der Waals surface area contributed by atoms with E-state index in [2.05, 4.69) is 5.32 Å². The van der Waals surface area contributed by atoms with Gasteiger partial charge >= 0.3 is 12.0 Å². The van der Waals surface area contributed by atoms with Crippen LogP contribution >= 0.6 is 0 Å². The van der Waals surface area contributed by atoms with Gasteiger partial charge in [0.1, 0.15) is 12.4 Å². The summed E-state index contributed by atoms with van der Waals surface area (Å²) in [6.07, 6.45) is 0. The molecule has 0 aliphatic carbocycles. The summed E-state index contributed by atoms with van der Waals surface area (Å²) in [7, 11) is 0. The summed E-state index contributed by atoms with van der Waals surface area (Å²) in [6, 6.07) is 10.8. The minimum absolute atomic E-state index is 0.0836. The Kier molecular flexibility index (Phi) is 7.62. The highest BCUT2D eigenvalue weighted by Gasteiger charge is 2.38. The van der Waals surface area contributed by atoms with E-state index in [1.54, 1.807) is 44.2 Å². The summed E-state index contributed by atoms with van der Waals surface area (Å²) in [4.78, 5) is 49.5. The molecule has 34 heavy (non-hydrogen) atoms. The highest BCUT2D eigenvalue weighted by Crippen LogP contribution is 2.33. The summed E-state index contributed by atoms with van der Waals surface area (Å²) in [5.41, 5.74) is 1.14. The summed E-state index contributed by atoms with van der Waals surface area (Å²) in [6.45, 7) is 5.08. The summed E-state index contributed by atoms with van der Waals surface area (Å²) in [5.74, 6) is -0.308. The van der Waals surface area contributed by atoms with Crippen molar-refractivity contribution in [1.82, 2.24) is 10.2 Å². The van der Waals surface area contributed by atoms with Gasteiger partial charge in [-0.3, -0.25) is 19.8 Å². The van der Waals surface area contributed by atoms with E-state index in [0.717, 1.165) is 0 Å². The predicted molar refractivity (Wildman–Crippen MR) is 122 cm³/mol. The number of hydrogen-bond acceptors (Lipinski definition) is 7. The standard InChI is InChI=1S/C24H25N3O7/c1-4-26-20(14-34-19-11-9-16(10-12-19)15(3)28)21(23(29)33-5-2)22(25-24(26)30)17-7-6-8-18(13-17)27(31)32/h6-13,22H,4-5,14H2,1-3H3,(H,25,30)/t22-/m0/s1.